The van der Waals surface area contributed by atoms with Gasteiger partial charge < -0.3 is 14.5 Å². The van der Waals surface area contributed by atoms with Gasteiger partial charge in [-0.05, 0) is 44.9 Å². The van der Waals surface area contributed by atoms with Crippen LogP contribution in [0.5, 0.6) is 0 Å². The molecular weight excluding hydrogens is 354 g/mol. The average molecular weight is 381 g/mol. The maximum Gasteiger partial charge on any atom is 0.287 e. The lowest BCUT2D eigenvalue weighted by atomic mass is 9.73. The largest absolute Gasteiger partial charge is 0.459 e. The maximum absolute atomic E-state index is 12.5. The van der Waals surface area contributed by atoms with Crippen molar-refractivity contribution in [2.45, 2.75) is 44.9 Å². The third-order valence-corrected chi connectivity index (χ3v) is 6.75. The molecule has 2 aromatic rings. The molecule has 0 saturated carbocycles. The van der Waals surface area contributed by atoms with Crippen molar-refractivity contribution in [1.82, 2.24) is 15.2 Å². The minimum Gasteiger partial charge on any atom is -0.459 e. The Kier molecular flexibility index (Phi) is 4.29. The van der Waals surface area contributed by atoms with Crippen molar-refractivity contribution >= 4 is 5.91 Å². The second kappa shape index (κ2) is 6.71. The number of aromatic nitrogens is 1. The molecule has 2 aromatic heterocycles. The molecule has 6 nitrogen and oxygen atoms in total. The molecule has 0 aliphatic carbocycles. The zero-order valence-electron chi connectivity index (χ0n) is 16.5. The van der Waals surface area contributed by atoms with E-state index in [1.165, 1.54) is 0 Å². The highest BCUT2D eigenvalue weighted by Crippen LogP contribution is 2.54. The molecule has 1 amide bonds. The van der Waals surface area contributed by atoms with Gasteiger partial charge in [0.2, 0.25) is 0 Å². The van der Waals surface area contributed by atoms with Gasteiger partial charge >= 0.3 is 0 Å². The fourth-order valence-corrected chi connectivity index (χ4v) is 5.49. The van der Waals surface area contributed by atoms with E-state index < -0.39 is 0 Å². The molecule has 3 fully saturated rings. The molecule has 3 aliphatic heterocycles. The summed E-state index contributed by atoms with van der Waals surface area (Å²) in [6.45, 7) is 7.40. The minimum atomic E-state index is -0.127. The van der Waals surface area contributed by atoms with E-state index in [4.69, 9.17) is 9.15 Å². The molecule has 1 spiro atoms. The topological polar surface area (TPSA) is 67.6 Å². The van der Waals surface area contributed by atoms with Gasteiger partial charge in [-0.3, -0.25) is 14.7 Å². The number of nitrogens with zero attached hydrogens (tertiary/aromatic N) is 2. The molecule has 1 N–H and O–H groups in total. The zero-order chi connectivity index (χ0) is 19.3. The van der Waals surface area contributed by atoms with E-state index in [1.54, 1.807) is 6.26 Å². The highest BCUT2D eigenvalue weighted by atomic mass is 16.5. The predicted octanol–water partition coefficient (Wildman–Crippen LogP) is 2.70. The molecule has 5 heterocycles. The summed E-state index contributed by atoms with van der Waals surface area (Å²) < 4.78 is 11.8. The number of ether oxygens (including phenoxy) is 1. The Morgan fingerprint density at radius 1 is 1.36 bits per heavy atom. The molecule has 3 aliphatic rings. The van der Waals surface area contributed by atoms with Crippen LogP contribution >= 0.6 is 0 Å². The van der Waals surface area contributed by atoms with Gasteiger partial charge in [-0.2, -0.15) is 0 Å². The Bertz CT molecular complexity index is 895. The van der Waals surface area contributed by atoms with Gasteiger partial charge in [0.15, 0.2) is 5.76 Å². The number of hydrogen-bond acceptors (Lipinski definition) is 5. The summed E-state index contributed by atoms with van der Waals surface area (Å²) in [6, 6.07) is 8.02. The summed E-state index contributed by atoms with van der Waals surface area (Å²) in [5, 5.41) is 3.09. The van der Waals surface area contributed by atoms with Crippen molar-refractivity contribution < 1.29 is 13.9 Å². The van der Waals surface area contributed by atoms with Crippen LogP contribution < -0.4 is 5.32 Å². The number of nitrogens with one attached hydrogen (secondary N) is 1. The highest BCUT2D eigenvalue weighted by Gasteiger charge is 2.62. The van der Waals surface area contributed by atoms with Crippen LogP contribution in [0.15, 0.2) is 34.9 Å². The fourth-order valence-electron chi connectivity index (χ4n) is 5.49. The SMILES string of the molecule is Cc1cccc(CN2C[C@@H]3[C@H](CNC(=O)c4occc4C)[C@H]4CC[C@]3(C2)O4)n1. The summed E-state index contributed by atoms with van der Waals surface area (Å²) in [7, 11) is 0. The first kappa shape index (κ1) is 17.9. The number of carbonyl (C=O) groups excluding carboxylic acids is 1. The van der Waals surface area contributed by atoms with E-state index in [2.05, 4.69) is 27.3 Å². The number of amides is 1. The first-order valence-electron chi connectivity index (χ1n) is 10.2. The Morgan fingerprint density at radius 3 is 3.04 bits per heavy atom. The minimum absolute atomic E-state index is 0.0372. The van der Waals surface area contributed by atoms with E-state index >= 15 is 0 Å². The predicted molar refractivity (Wildman–Crippen MR) is 104 cm³/mol. The normalized spacial score (nSPS) is 31.3. The molecular formula is C22H27N3O3. The number of rotatable bonds is 5. The van der Waals surface area contributed by atoms with Crippen LogP contribution in [-0.2, 0) is 11.3 Å². The van der Waals surface area contributed by atoms with Gasteiger partial charge in [0.25, 0.3) is 5.91 Å². The number of hydrogen-bond donors (Lipinski definition) is 1. The number of aryl methyl sites for hydroxylation is 2. The Morgan fingerprint density at radius 2 is 2.25 bits per heavy atom. The van der Waals surface area contributed by atoms with Crippen LogP contribution in [0.25, 0.3) is 0 Å². The van der Waals surface area contributed by atoms with Crippen molar-refractivity contribution in [2.75, 3.05) is 19.6 Å². The van der Waals surface area contributed by atoms with Crippen molar-refractivity contribution in [1.29, 1.82) is 0 Å². The van der Waals surface area contributed by atoms with Crippen LogP contribution in [-0.4, -0.2) is 47.1 Å². The molecule has 0 aromatic carbocycles. The van der Waals surface area contributed by atoms with Crippen molar-refractivity contribution in [3.63, 3.8) is 0 Å². The molecule has 3 saturated heterocycles. The molecule has 6 heteroatoms. The molecule has 0 radical (unpaired) electrons. The quantitative estimate of drug-likeness (QED) is 0.863. The van der Waals surface area contributed by atoms with Crippen LogP contribution in [0.1, 0.15) is 40.3 Å². The van der Waals surface area contributed by atoms with Gasteiger partial charge in [-0.15, -0.1) is 0 Å². The number of carbonyl (C=O) groups is 1. The third-order valence-electron chi connectivity index (χ3n) is 6.75. The average Bonchev–Trinajstić information content (AvgIpc) is 3.40. The van der Waals surface area contributed by atoms with Gasteiger partial charge in [0.05, 0.1) is 23.7 Å². The van der Waals surface area contributed by atoms with Gasteiger partial charge in [0.1, 0.15) is 0 Å². The lowest BCUT2D eigenvalue weighted by Crippen LogP contribution is -2.41. The number of fused-ring (bicyclic) bond motifs is 1. The maximum atomic E-state index is 12.5. The number of pyridine rings is 1. The van der Waals surface area contributed by atoms with Crippen LogP contribution in [0.2, 0.25) is 0 Å². The van der Waals surface area contributed by atoms with Crippen LogP contribution in [0, 0.1) is 25.7 Å². The molecule has 148 valence electrons. The molecule has 5 rings (SSSR count). The Labute approximate surface area is 165 Å². The van der Waals surface area contributed by atoms with E-state index in [1.807, 2.05) is 26.0 Å². The van der Waals surface area contributed by atoms with Gasteiger partial charge in [-0.1, -0.05) is 6.07 Å². The summed E-state index contributed by atoms with van der Waals surface area (Å²) in [4.78, 5) is 19.6. The van der Waals surface area contributed by atoms with E-state index in [-0.39, 0.29) is 17.6 Å². The smallest absolute Gasteiger partial charge is 0.287 e. The fraction of sp³-hybridized carbons (Fsp3) is 0.545. The lowest BCUT2D eigenvalue weighted by Gasteiger charge is -2.29. The number of likely N-dealkylation sites (tertiary alicyclic amines) is 1. The monoisotopic (exact) mass is 381 g/mol. The van der Waals surface area contributed by atoms with Crippen molar-refractivity contribution in [3.8, 4) is 0 Å². The molecule has 4 atom stereocenters. The summed E-state index contributed by atoms with van der Waals surface area (Å²) in [5.74, 6) is 1.12. The highest BCUT2D eigenvalue weighted by molar-refractivity contribution is 5.92. The second-order valence-corrected chi connectivity index (χ2v) is 8.61. The number of furan rings is 1. The Balaban J connectivity index is 1.26. The lowest BCUT2D eigenvalue weighted by molar-refractivity contribution is 0.00203. The van der Waals surface area contributed by atoms with E-state index in [0.29, 0.717) is 24.1 Å². The Hall–Kier alpha value is -2.18. The van der Waals surface area contributed by atoms with Crippen LogP contribution in [0.3, 0.4) is 0 Å². The van der Waals surface area contributed by atoms with Crippen LogP contribution in [0.4, 0.5) is 0 Å². The summed E-state index contributed by atoms with van der Waals surface area (Å²) >= 11 is 0. The third kappa shape index (κ3) is 2.95. The van der Waals surface area contributed by atoms with Gasteiger partial charge in [0, 0.05) is 49.3 Å². The van der Waals surface area contributed by atoms with E-state index in [0.717, 1.165) is 49.4 Å². The summed E-state index contributed by atoms with van der Waals surface area (Å²) in [5.41, 5.74) is 3.01. The van der Waals surface area contributed by atoms with E-state index in [9.17, 15) is 4.79 Å². The molecule has 0 unspecified atom stereocenters. The summed E-state index contributed by atoms with van der Waals surface area (Å²) in [6.07, 6.45) is 4.05. The molecule has 28 heavy (non-hydrogen) atoms. The zero-order valence-corrected chi connectivity index (χ0v) is 16.5. The second-order valence-electron chi connectivity index (χ2n) is 8.61. The van der Waals surface area contributed by atoms with Crippen molar-refractivity contribution in [2.24, 2.45) is 11.8 Å². The first-order chi connectivity index (χ1) is 13.5. The van der Waals surface area contributed by atoms with Crippen molar-refractivity contribution in [3.05, 3.63) is 53.2 Å². The first-order valence-corrected chi connectivity index (χ1v) is 10.2. The van der Waals surface area contributed by atoms with Gasteiger partial charge in [-0.25, -0.2) is 0 Å². The molecule has 2 bridgehead atoms. The standard InChI is InChI=1S/C22H27N3O3/c1-14-7-9-27-20(14)21(26)23-10-17-18-12-25(11-16-5-3-4-15(2)24-16)13-22(18)8-6-19(17)28-22/h3-5,7,9,17-19H,6,8,10-13H2,1-2H3,(H,23,26)/t17-,18+,19+,22+/m0/s1.